The van der Waals surface area contributed by atoms with Crippen LogP contribution < -0.4 is 5.32 Å². The maximum atomic E-state index is 14.7. The van der Waals surface area contributed by atoms with Crippen LogP contribution in [-0.2, 0) is 43.0 Å². The summed E-state index contributed by atoms with van der Waals surface area (Å²) in [5, 5.41) is 4.53. The van der Waals surface area contributed by atoms with Crippen LogP contribution in [0.25, 0.3) is 0 Å². The number of carbonyl (C=O) groups excluding carboxylic acids is 7. The first-order chi connectivity index (χ1) is 25.8. The average molecular weight is 784 g/mol. The molecule has 55 heavy (non-hydrogen) atoms. The minimum absolute atomic E-state index is 0.0112. The van der Waals surface area contributed by atoms with Crippen LogP contribution >= 0.6 is 11.3 Å². The number of amides is 3. The van der Waals surface area contributed by atoms with Gasteiger partial charge in [-0.2, -0.15) is 0 Å². The predicted molar refractivity (Wildman–Crippen MR) is 207 cm³/mol. The summed E-state index contributed by atoms with van der Waals surface area (Å²) in [5.74, 6) is -4.76. The molecule has 304 valence electrons. The van der Waals surface area contributed by atoms with Crippen molar-refractivity contribution in [3.05, 3.63) is 22.4 Å². The van der Waals surface area contributed by atoms with Gasteiger partial charge in [-0.25, -0.2) is 0 Å². The molecule has 1 N–H and O–H groups in total. The van der Waals surface area contributed by atoms with Gasteiger partial charge >= 0.3 is 5.97 Å². The van der Waals surface area contributed by atoms with Crippen molar-refractivity contribution in [3.8, 4) is 0 Å². The lowest BCUT2D eigenvalue weighted by atomic mass is 9.77. The molecule has 0 bridgehead atoms. The zero-order chi connectivity index (χ0) is 40.2. The van der Waals surface area contributed by atoms with Crippen LogP contribution in [0.5, 0.6) is 0 Å². The van der Waals surface area contributed by atoms with E-state index in [1.54, 1.807) is 51.9 Å². The summed E-state index contributed by atoms with van der Waals surface area (Å²) in [6, 6.07) is 1.79. The van der Waals surface area contributed by atoms with Crippen LogP contribution in [0.3, 0.4) is 0 Å². The van der Waals surface area contributed by atoms with Crippen molar-refractivity contribution < 1.29 is 43.0 Å². The number of likely N-dealkylation sites (N-methyl/N-ethyl adjacent to an activating group) is 1. The molecule has 2 unspecified atom stereocenters. The number of ether oxygens (including phenoxy) is 2. The van der Waals surface area contributed by atoms with Crippen molar-refractivity contribution in [3.63, 3.8) is 0 Å². The van der Waals surface area contributed by atoms with Gasteiger partial charge in [-0.05, 0) is 83.6 Å². The fraction of sp³-hybridized carbons (Fsp3) is 0.738. The van der Waals surface area contributed by atoms with E-state index in [-0.39, 0.29) is 73.7 Å². The SMILES string of the molecule is CN(C)C(=O)[C@@H](NC(=O)CCC(=O)C(=O)C(CC(=O)C1[C@H]2CC(C)(C)O[C@H]2CN1C(=O)[C@@H](CC(=O)OC(C)(C)C)C1CCCCC1)CC1CC1)c1cccs1. The Hall–Kier alpha value is -3.45. The number of hydrogen-bond donors (Lipinski definition) is 1. The van der Waals surface area contributed by atoms with E-state index in [0.29, 0.717) is 17.7 Å². The lowest BCUT2D eigenvalue weighted by molar-refractivity contribution is -0.160. The molecular weight excluding hydrogens is 723 g/mol. The Bertz CT molecular complexity index is 1590. The molecule has 1 aromatic heterocycles. The predicted octanol–water partition coefficient (Wildman–Crippen LogP) is 5.61. The van der Waals surface area contributed by atoms with Gasteiger partial charge in [0, 0.05) is 56.6 Å². The Morgan fingerprint density at radius 3 is 2.29 bits per heavy atom. The Morgan fingerprint density at radius 2 is 1.69 bits per heavy atom. The quantitative estimate of drug-likeness (QED) is 0.157. The van der Waals surface area contributed by atoms with E-state index in [9.17, 15) is 33.6 Å². The molecule has 2 saturated heterocycles. The Labute approximate surface area is 329 Å². The Balaban J connectivity index is 1.31. The highest BCUT2D eigenvalue weighted by Crippen LogP contribution is 2.46. The molecule has 13 heteroatoms. The molecule has 3 amide bonds. The Kier molecular flexibility index (Phi) is 13.8. The fourth-order valence-corrected chi connectivity index (χ4v) is 9.63. The number of fused-ring (bicyclic) bond motifs is 1. The summed E-state index contributed by atoms with van der Waals surface area (Å²) in [6.07, 6.45) is 6.17. The van der Waals surface area contributed by atoms with E-state index in [0.717, 1.165) is 44.9 Å². The summed E-state index contributed by atoms with van der Waals surface area (Å²) in [7, 11) is 3.19. The third-order valence-corrected chi connectivity index (χ3v) is 12.5. The summed E-state index contributed by atoms with van der Waals surface area (Å²) >= 11 is 1.33. The molecule has 0 spiro atoms. The standard InChI is InChI=1S/C42H61N3O9S/c1-41(2,3)54-35(49)22-28(26-12-9-8-10-13-26)39(51)45-24-32-29(23-42(4,5)53-32)37(45)31(47)21-27(20-25-15-16-25)38(50)30(46)17-18-34(48)43-36(40(52)44(6)7)33-14-11-19-55-33/h11,14,19,25-29,32,36-37H,8-10,12-13,15-18,20-24H2,1-7H3,(H,43,48)/t27?,28-,29-,32-,36-,37?/m0/s1. The zero-order valence-corrected chi connectivity index (χ0v) is 34.5. The Morgan fingerprint density at radius 1 is 1.00 bits per heavy atom. The molecule has 2 aliphatic carbocycles. The molecule has 6 atom stereocenters. The molecular formula is C42H61N3O9S. The van der Waals surface area contributed by atoms with E-state index in [1.807, 2.05) is 19.2 Å². The molecule has 3 heterocycles. The minimum atomic E-state index is -0.902. The minimum Gasteiger partial charge on any atom is -0.460 e. The van der Waals surface area contributed by atoms with Crippen molar-refractivity contribution >= 4 is 52.4 Å². The van der Waals surface area contributed by atoms with Gasteiger partial charge in [0.05, 0.1) is 30.1 Å². The molecule has 0 radical (unpaired) electrons. The summed E-state index contributed by atoms with van der Waals surface area (Å²) < 4.78 is 12.1. The second-order valence-electron chi connectivity index (χ2n) is 18.1. The monoisotopic (exact) mass is 783 g/mol. The van der Waals surface area contributed by atoms with E-state index < -0.39 is 58.6 Å². The summed E-state index contributed by atoms with van der Waals surface area (Å²) in [4.78, 5) is 99.2. The number of ketones is 3. The topological polar surface area (TPSA) is 156 Å². The number of thiophene rings is 1. The van der Waals surface area contributed by atoms with Crippen LogP contribution in [-0.4, -0.2) is 94.8 Å². The van der Waals surface area contributed by atoms with E-state index in [1.165, 1.54) is 16.2 Å². The van der Waals surface area contributed by atoms with Crippen LogP contribution in [0, 0.1) is 29.6 Å². The first-order valence-electron chi connectivity index (χ1n) is 20.2. The van der Waals surface area contributed by atoms with Gasteiger partial charge in [0.2, 0.25) is 23.5 Å². The van der Waals surface area contributed by atoms with Crippen molar-refractivity contribution in [2.24, 2.45) is 29.6 Å². The molecule has 2 saturated carbocycles. The van der Waals surface area contributed by atoms with Crippen molar-refractivity contribution in [2.75, 3.05) is 20.6 Å². The normalized spacial score (nSPS) is 24.0. The molecule has 4 aliphatic rings. The van der Waals surface area contributed by atoms with Crippen molar-refractivity contribution in [1.82, 2.24) is 15.1 Å². The van der Waals surface area contributed by atoms with Gasteiger partial charge in [-0.15, -0.1) is 11.3 Å². The smallest absolute Gasteiger partial charge is 0.307 e. The fourth-order valence-electron chi connectivity index (χ4n) is 8.86. The van der Waals surface area contributed by atoms with Gasteiger partial charge < -0.3 is 24.6 Å². The highest BCUT2D eigenvalue weighted by Gasteiger charge is 2.56. The maximum Gasteiger partial charge on any atom is 0.307 e. The molecule has 4 fully saturated rings. The molecule has 0 aromatic carbocycles. The number of hydrogen-bond acceptors (Lipinski definition) is 10. The third-order valence-electron chi connectivity index (χ3n) is 11.6. The second-order valence-corrected chi connectivity index (χ2v) is 19.1. The number of carbonyl (C=O) groups is 7. The lowest BCUT2D eigenvalue weighted by Gasteiger charge is -2.36. The highest BCUT2D eigenvalue weighted by molar-refractivity contribution is 7.10. The van der Waals surface area contributed by atoms with E-state index >= 15 is 0 Å². The summed E-state index contributed by atoms with van der Waals surface area (Å²) in [6.45, 7) is 9.56. The van der Waals surface area contributed by atoms with Crippen LogP contribution in [0.4, 0.5) is 0 Å². The largest absolute Gasteiger partial charge is 0.460 e. The van der Waals surface area contributed by atoms with Crippen LogP contribution in [0.2, 0.25) is 0 Å². The van der Waals surface area contributed by atoms with Gasteiger partial charge in [0.1, 0.15) is 11.6 Å². The van der Waals surface area contributed by atoms with Crippen LogP contribution in [0.15, 0.2) is 17.5 Å². The number of nitrogens with one attached hydrogen (secondary N) is 1. The number of rotatable bonds is 17. The average Bonchev–Trinajstić information content (AvgIpc) is 3.48. The van der Waals surface area contributed by atoms with Gasteiger partial charge in [-0.1, -0.05) is 38.2 Å². The lowest BCUT2D eigenvalue weighted by Crippen LogP contribution is -2.49. The molecule has 12 nitrogen and oxygen atoms in total. The maximum absolute atomic E-state index is 14.7. The number of Topliss-reactive ketones (excluding diaryl/α,β-unsaturated/α-hetero) is 3. The molecule has 2 aliphatic heterocycles. The molecule has 5 rings (SSSR count). The summed E-state index contributed by atoms with van der Waals surface area (Å²) in [5.41, 5.74) is -1.20. The zero-order valence-electron chi connectivity index (χ0n) is 33.7. The second kappa shape index (κ2) is 17.8. The van der Waals surface area contributed by atoms with E-state index in [4.69, 9.17) is 9.47 Å². The van der Waals surface area contributed by atoms with Crippen molar-refractivity contribution in [1.29, 1.82) is 0 Å². The number of esters is 1. The highest BCUT2D eigenvalue weighted by atomic mass is 32.1. The number of nitrogens with zero attached hydrogens (tertiary/aromatic N) is 2. The third kappa shape index (κ3) is 11.3. The number of likely N-dealkylation sites (tertiary alicyclic amines) is 1. The first-order valence-corrected chi connectivity index (χ1v) is 21.1. The molecule has 1 aromatic rings. The first kappa shape index (κ1) is 42.7. The van der Waals surface area contributed by atoms with Crippen molar-refractivity contribution in [2.45, 2.75) is 147 Å². The van der Waals surface area contributed by atoms with E-state index in [2.05, 4.69) is 5.32 Å². The van der Waals surface area contributed by atoms with Gasteiger partial charge in [0.25, 0.3) is 0 Å². The van der Waals surface area contributed by atoms with Gasteiger partial charge in [0.15, 0.2) is 11.6 Å². The van der Waals surface area contributed by atoms with Crippen LogP contribution in [0.1, 0.15) is 129 Å². The van der Waals surface area contributed by atoms with Gasteiger partial charge in [-0.3, -0.25) is 33.6 Å².